The largest absolute Gasteiger partial charge is 0.464 e. The van der Waals surface area contributed by atoms with Crippen molar-refractivity contribution in [3.05, 3.63) is 58.1 Å². The molecule has 3 fully saturated rings. The molecule has 2 aromatic carbocycles. The van der Waals surface area contributed by atoms with Gasteiger partial charge in [-0.1, -0.05) is 29.8 Å². The number of nitrogen functional groups attached to an aromatic ring is 1. The topological polar surface area (TPSA) is 161 Å². The molecule has 0 aromatic heterocycles. The molecule has 4 heterocycles. The molecule has 0 bridgehead atoms. The highest BCUT2D eigenvalue weighted by Crippen LogP contribution is 2.38. The zero-order chi connectivity index (χ0) is 43.8. The van der Waals surface area contributed by atoms with E-state index in [-0.39, 0.29) is 73.6 Å². The van der Waals surface area contributed by atoms with Gasteiger partial charge in [0.15, 0.2) is 6.10 Å². The van der Waals surface area contributed by atoms with E-state index in [2.05, 4.69) is 10.2 Å². The number of nitrogens with zero attached hydrogens (tertiary/aromatic N) is 6. The van der Waals surface area contributed by atoms with Crippen molar-refractivity contribution in [2.45, 2.75) is 75.7 Å². The average molecular weight is 877 g/mol. The predicted molar refractivity (Wildman–Crippen MR) is 222 cm³/mol. The van der Waals surface area contributed by atoms with Crippen molar-refractivity contribution in [1.82, 2.24) is 29.4 Å². The molecule has 334 valence electrons. The van der Waals surface area contributed by atoms with Crippen molar-refractivity contribution in [2.75, 3.05) is 97.2 Å². The molecule has 3 saturated heterocycles. The van der Waals surface area contributed by atoms with Crippen LogP contribution in [0.5, 0.6) is 0 Å². The molecule has 3 N–H and O–H groups in total. The van der Waals surface area contributed by atoms with Gasteiger partial charge in [0.05, 0.1) is 22.7 Å². The highest BCUT2D eigenvalue weighted by Gasteiger charge is 2.39. The molecule has 6 rings (SSSR count). The average Bonchev–Trinajstić information content (AvgIpc) is 3.41. The second-order valence-corrected chi connectivity index (χ2v) is 16.8. The second kappa shape index (κ2) is 20.4. The number of likely N-dealkylation sites (N-methyl/N-ethyl adjacent to an activating group) is 1. The summed E-state index contributed by atoms with van der Waals surface area (Å²) in [7, 11) is 3.76. The van der Waals surface area contributed by atoms with E-state index in [0.29, 0.717) is 84.5 Å². The Balaban J connectivity index is 1.04. The van der Waals surface area contributed by atoms with E-state index in [1.807, 2.05) is 43.3 Å². The minimum Gasteiger partial charge on any atom is -0.464 e. The van der Waals surface area contributed by atoms with Crippen LogP contribution >= 0.6 is 11.6 Å². The lowest BCUT2D eigenvalue weighted by Crippen LogP contribution is -2.56. The van der Waals surface area contributed by atoms with Crippen LogP contribution in [0.2, 0.25) is 5.02 Å². The predicted octanol–water partition coefficient (Wildman–Crippen LogP) is 4.56. The van der Waals surface area contributed by atoms with E-state index >= 15 is 0 Å². The number of nitrogens with two attached hydrogens (primary N) is 1. The quantitative estimate of drug-likeness (QED) is 0.229. The Bertz CT molecular complexity index is 1900. The maximum atomic E-state index is 14.2. The van der Waals surface area contributed by atoms with Gasteiger partial charge in [-0.2, -0.15) is 13.2 Å². The van der Waals surface area contributed by atoms with Crippen molar-refractivity contribution in [1.29, 1.82) is 0 Å². The van der Waals surface area contributed by atoms with Crippen LogP contribution in [0.25, 0.3) is 0 Å². The van der Waals surface area contributed by atoms with Crippen molar-refractivity contribution >= 4 is 52.9 Å². The summed E-state index contributed by atoms with van der Waals surface area (Å²) in [5.41, 5.74) is 5.76. The summed E-state index contributed by atoms with van der Waals surface area (Å²) in [4.78, 5) is 76.7. The van der Waals surface area contributed by atoms with Gasteiger partial charge in [0.2, 0.25) is 5.91 Å². The lowest BCUT2D eigenvalue weighted by Gasteiger charge is -2.43. The minimum absolute atomic E-state index is 0.0252. The van der Waals surface area contributed by atoms with E-state index in [1.165, 1.54) is 11.0 Å². The molecule has 1 unspecified atom stereocenters. The Morgan fingerprint density at radius 1 is 0.885 bits per heavy atom. The molecule has 15 nitrogen and oxygen atoms in total. The first-order valence-electron chi connectivity index (χ1n) is 20.9. The number of anilines is 2. The molecular formula is C42H56ClF3N8O7. The first-order valence-corrected chi connectivity index (χ1v) is 21.3. The summed E-state index contributed by atoms with van der Waals surface area (Å²) in [6.45, 7) is 4.82. The number of hydrogen-bond donors (Lipinski definition) is 2. The van der Waals surface area contributed by atoms with E-state index in [0.717, 1.165) is 17.3 Å². The number of benzene rings is 2. The third-order valence-corrected chi connectivity index (χ3v) is 12.4. The van der Waals surface area contributed by atoms with Crippen molar-refractivity contribution in [3.63, 3.8) is 0 Å². The number of halogens is 4. The fourth-order valence-corrected chi connectivity index (χ4v) is 8.73. The van der Waals surface area contributed by atoms with Crippen LogP contribution in [-0.2, 0) is 42.9 Å². The highest BCUT2D eigenvalue weighted by atomic mass is 35.5. The number of piperazine rings is 1. The van der Waals surface area contributed by atoms with Gasteiger partial charge < -0.3 is 45.0 Å². The number of rotatable bonds is 12. The second-order valence-electron chi connectivity index (χ2n) is 16.4. The number of likely N-dealkylation sites (tertiary alicyclic amines) is 2. The normalized spacial score (nSPS) is 19.0. The van der Waals surface area contributed by atoms with Gasteiger partial charge in [-0.05, 0) is 75.5 Å². The molecule has 19 heteroatoms. The maximum absolute atomic E-state index is 14.2. The summed E-state index contributed by atoms with van der Waals surface area (Å²) in [5.74, 6) is -1.03. The van der Waals surface area contributed by atoms with Crippen LogP contribution in [0, 0.1) is 0 Å². The van der Waals surface area contributed by atoms with Crippen LogP contribution in [0.1, 0.15) is 55.2 Å². The van der Waals surface area contributed by atoms with Gasteiger partial charge in [-0.15, -0.1) is 0 Å². The van der Waals surface area contributed by atoms with Gasteiger partial charge in [-0.25, -0.2) is 9.59 Å². The maximum Gasteiger partial charge on any atom is 0.418 e. The number of esters is 1. The summed E-state index contributed by atoms with van der Waals surface area (Å²) in [6, 6.07) is 9.51. The van der Waals surface area contributed by atoms with E-state index in [1.54, 1.807) is 14.7 Å². The third-order valence-electron chi connectivity index (χ3n) is 12.0. The fourth-order valence-electron chi connectivity index (χ4n) is 8.49. The van der Waals surface area contributed by atoms with Crippen LogP contribution in [0.4, 0.5) is 34.1 Å². The number of carbonyl (C=O) groups is 5. The number of nitrogens with one attached hydrogen (secondary N) is 1. The third kappa shape index (κ3) is 12.0. The molecule has 0 radical (unpaired) electrons. The van der Waals surface area contributed by atoms with Gasteiger partial charge >= 0.3 is 24.3 Å². The first-order chi connectivity index (χ1) is 29.1. The molecule has 4 aliphatic heterocycles. The van der Waals surface area contributed by atoms with Crippen LogP contribution in [-0.4, -0.2) is 164 Å². The highest BCUT2D eigenvalue weighted by molar-refractivity contribution is 6.33. The number of amides is 5. The summed E-state index contributed by atoms with van der Waals surface area (Å²) in [6.07, 6.45) is -4.44. The SMILES string of the molecule is CN(C)CCOC(=O)CCC(=O)N1CCN(C2CCN(C(=O)C(Cc3cc(Cl)c(N)c(C(F)(F)F)c3)OC(=O)N3CCC(N4CCc5ccccc5NC4=O)CC3)CC2)CC1. The Labute approximate surface area is 359 Å². The van der Waals surface area contributed by atoms with E-state index in [4.69, 9.17) is 26.8 Å². The zero-order valence-corrected chi connectivity index (χ0v) is 35.5. The Kier molecular flexibility index (Phi) is 15.3. The number of ether oxygens (including phenoxy) is 2. The van der Waals surface area contributed by atoms with E-state index in [9.17, 15) is 37.1 Å². The van der Waals surface area contributed by atoms with Crippen LogP contribution < -0.4 is 11.1 Å². The summed E-state index contributed by atoms with van der Waals surface area (Å²) >= 11 is 6.14. The number of alkyl halides is 3. The summed E-state index contributed by atoms with van der Waals surface area (Å²) in [5, 5.41) is 2.65. The minimum atomic E-state index is -4.81. The van der Waals surface area contributed by atoms with Crippen LogP contribution in [0.15, 0.2) is 36.4 Å². The molecule has 0 aliphatic carbocycles. The lowest BCUT2D eigenvalue weighted by molar-refractivity contribution is -0.146. The van der Waals surface area contributed by atoms with Gasteiger partial charge in [-0.3, -0.25) is 19.3 Å². The monoisotopic (exact) mass is 876 g/mol. The lowest BCUT2D eigenvalue weighted by atomic mass is 9.99. The number of piperidine rings is 2. The number of para-hydroxylation sites is 1. The standard InChI is InChI=1S/C42H56ClF3N8O7/c1-49(2)23-24-60-37(56)8-7-36(55)51-21-19-50(20-22-51)30-10-14-52(15-11-30)39(57)35(27-28-25-32(42(44,45)46)38(47)33(43)26-28)61-41(59)53-16-12-31(13-17-53)54-18-9-29-5-3-4-6-34(29)48-40(54)58/h3-6,25-26,30-31,35H,7-24,27,47H2,1-2H3,(H,48,58). The van der Waals surface area contributed by atoms with Crippen molar-refractivity contribution < 1.29 is 46.6 Å². The van der Waals surface area contributed by atoms with Gasteiger partial charge in [0, 0.05) is 96.1 Å². The number of carbonyl (C=O) groups excluding carboxylic acids is 5. The molecule has 0 spiro atoms. The molecule has 1 atom stereocenters. The number of fused-ring (bicyclic) bond motifs is 1. The van der Waals surface area contributed by atoms with Gasteiger partial charge in [0.25, 0.3) is 5.91 Å². The molecular weight excluding hydrogens is 821 g/mol. The number of urea groups is 1. The van der Waals surface area contributed by atoms with Crippen LogP contribution in [0.3, 0.4) is 0 Å². The molecule has 5 amide bonds. The van der Waals surface area contributed by atoms with Crippen molar-refractivity contribution in [3.8, 4) is 0 Å². The Morgan fingerprint density at radius 3 is 2.21 bits per heavy atom. The Hall–Kier alpha value is -4.81. The summed E-state index contributed by atoms with van der Waals surface area (Å²) < 4.78 is 52.8. The van der Waals surface area contributed by atoms with Gasteiger partial charge in [0.1, 0.15) is 6.61 Å². The fraction of sp³-hybridized carbons (Fsp3) is 0.595. The molecule has 4 aliphatic rings. The molecule has 2 aromatic rings. The van der Waals surface area contributed by atoms with E-state index < -0.39 is 41.5 Å². The first kappa shape index (κ1) is 45.7. The Morgan fingerprint density at radius 2 is 1.54 bits per heavy atom. The van der Waals surface area contributed by atoms with Crippen molar-refractivity contribution in [2.24, 2.45) is 0 Å². The number of hydrogen-bond acceptors (Lipinski definition) is 10. The molecule has 0 saturated carbocycles. The molecule has 61 heavy (non-hydrogen) atoms. The zero-order valence-electron chi connectivity index (χ0n) is 34.8. The smallest absolute Gasteiger partial charge is 0.418 e.